The van der Waals surface area contributed by atoms with Crippen molar-refractivity contribution in [1.29, 1.82) is 0 Å². The summed E-state index contributed by atoms with van der Waals surface area (Å²) >= 11 is 0. The average molecular weight is 657 g/mol. The van der Waals surface area contributed by atoms with E-state index < -0.39 is 0 Å². The highest BCUT2D eigenvalue weighted by Gasteiger charge is 2.17. The smallest absolute Gasteiger partial charge is 0.252 e. The summed E-state index contributed by atoms with van der Waals surface area (Å²) in [4.78, 5) is 28.3. The van der Waals surface area contributed by atoms with Gasteiger partial charge in [0, 0.05) is 34.0 Å². The second kappa shape index (κ2) is 18.3. The van der Waals surface area contributed by atoms with Crippen LogP contribution in [0, 0.1) is 11.8 Å². The first-order chi connectivity index (χ1) is 22.4. The molecule has 242 valence electrons. The van der Waals surface area contributed by atoms with Crippen LogP contribution < -0.4 is 20.1 Å². The van der Waals surface area contributed by atoms with Crippen LogP contribution in [0.2, 0.25) is 0 Å². The molecule has 4 aromatic rings. The number of carbonyl (C=O) groups excluding carboxylic acids is 2. The minimum Gasteiger partial charge on any atom is -0.493 e. The van der Waals surface area contributed by atoms with Crippen LogP contribution in [0.15, 0.2) is 107 Å². The predicted molar refractivity (Wildman–Crippen MR) is 190 cm³/mol. The number of para-hydroxylation sites is 2. The molecule has 0 saturated carbocycles. The fraction of sp³-hybridized carbons (Fsp3) is 0.316. The maximum Gasteiger partial charge on any atom is 0.252 e. The van der Waals surface area contributed by atoms with Gasteiger partial charge >= 0.3 is 0 Å². The third-order valence-corrected chi connectivity index (χ3v) is 10.2. The predicted octanol–water partition coefficient (Wildman–Crippen LogP) is 9.20. The third kappa shape index (κ3) is 10.3. The summed E-state index contributed by atoms with van der Waals surface area (Å²) in [5.41, 5.74) is 3.02. The van der Waals surface area contributed by atoms with Gasteiger partial charge in [-0.15, -0.1) is 0 Å². The Morgan fingerprint density at radius 3 is 1.37 bits per heavy atom. The van der Waals surface area contributed by atoms with E-state index in [4.69, 9.17) is 9.47 Å². The number of ether oxygens (including phenoxy) is 2. The van der Waals surface area contributed by atoms with Crippen molar-refractivity contribution in [3.8, 4) is 11.5 Å². The van der Waals surface area contributed by atoms with Crippen LogP contribution in [0.5, 0.6) is 11.5 Å². The zero-order chi connectivity index (χ0) is 32.7. The van der Waals surface area contributed by atoms with Gasteiger partial charge in [0.15, 0.2) is 0 Å². The quantitative estimate of drug-likeness (QED) is 0.110. The molecule has 0 bridgehead atoms. The monoisotopic (exact) mass is 656 g/mol. The van der Waals surface area contributed by atoms with Crippen LogP contribution in [0.4, 0.5) is 0 Å². The van der Waals surface area contributed by atoms with E-state index in [2.05, 4.69) is 38.3 Å². The van der Waals surface area contributed by atoms with Gasteiger partial charge in [-0.1, -0.05) is 123 Å². The molecule has 0 aliphatic carbocycles. The van der Waals surface area contributed by atoms with Crippen LogP contribution >= 0.6 is 21.6 Å². The Labute approximate surface area is 281 Å². The number of rotatable bonds is 17. The van der Waals surface area contributed by atoms with Gasteiger partial charge < -0.3 is 20.1 Å². The SMILES string of the molecule is CCC(C)COc1ccccc1CNC(=O)c1ccccc1SSc1ccccc1C(=O)NCc1ccccc1OCC(C)CC. The Morgan fingerprint density at radius 1 is 0.587 bits per heavy atom. The lowest BCUT2D eigenvalue weighted by Crippen LogP contribution is -2.24. The van der Waals surface area contributed by atoms with E-state index in [1.165, 1.54) is 21.6 Å². The molecule has 4 aromatic carbocycles. The molecule has 2 N–H and O–H groups in total. The van der Waals surface area contributed by atoms with E-state index in [0.717, 1.165) is 45.3 Å². The number of carbonyl (C=O) groups is 2. The first-order valence-electron chi connectivity index (χ1n) is 15.9. The van der Waals surface area contributed by atoms with Crippen molar-refractivity contribution in [2.75, 3.05) is 13.2 Å². The summed E-state index contributed by atoms with van der Waals surface area (Å²) in [6, 6.07) is 30.7. The van der Waals surface area contributed by atoms with Crippen LogP contribution in [0.1, 0.15) is 72.4 Å². The molecule has 0 aromatic heterocycles. The molecule has 0 aliphatic rings. The van der Waals surface area contributed by atoms with Crippen LogP contribution in [0.25, 0.3) is 0 Å². The standard InChI is InChI=1S/C38H44N2O4S2/c1-5-27(3)25-43-33-19-11-7-15-29(33)23-39-37(41)31-17-9-13-21-35(31)45-46-36-22-14-10-18-32(36)38(42)40-24-30-16-8-12-20-34(30)44-26-28(4)6-2/h7-22,27-28H,5-6,23-26H2,1-4H3,(H,39,41)(H,40,42). The van der Waals surface area contributed by atoms with Gasteiger partial charge in [0.2, 0.25) is 0 Å². The van der Waals surface area contributed by atoms with Gasteiger partial charge in [-0.3, -0.25) is 9.59 Å². The lowest BCUT2D eigenvalue weighted by atomic mass is 10.1. The molecule has 6 nitrogen and oxygen atoms in total. The minimum atomic E-state index is -0.166. The van der Waals surface area contributed by atoms with E-state index in [9.17, 15) is 9.59 Å². The van der Waals surface area contributed by atoms with Crippen molar-refractivity contribution < 1.29 is 19.1 Å². The van der Waals surface area contributed by atoms with Crippen molar-refractivity contribution in [3.05, 3.63) is 119 Å². The van der Waals surface area contributed by atoms with Crippen molar-refractivity contribution in [2.45, 2.75) is 63.4 Å². The lowest BCUT2D eigenvalue weighted by molar-refractivity contribution is 0.0939. The zero-order valence-electron chi connectivity index (χ0n) is 27.1. The molecule has 46 heavy (non-hydrogen) atoms. The molecule has 0 heterocycles. The number of hydrogen-bond acceptors (Lipinski definition) is 6. The number of nitrogens with one attached hydrogen (secondary N) is 2. The van der Waals surface area contributed by atoms with E-state index in [0.29, 0.717) is 49.3 Å². The molecule has 0 spiro atoms. The zero-order valence-corrected chi connectivity index (χ0v) is 28.7. The van der Waals surface area contributed by atoms with Crippen molar-refractivity contribution in [1.82, 2.24) is 10.6 Å². The minimum absolute atomic E-state index is 0.166. The summed E-state index contributed by atoms with van der Waals surface area (Å²) in [6.07, 6.45) is 2.09. The molecule has 8 heteroatoms. The van der Waals surface area contributed by atoms with E-state index >= 15 is 0 Å². The Balaban J connectivity index is 1.38. The molecule has 4 rings (SSSR count). The molecule has 0 saturated heterocycles. The third-order valence-electron chi connectivity index (χ3n) is 7.75. The Kier molecular flexibility index (Phi) is 13.9. The highest BCUT2D eigenvalue weighted by molar-refractivity contribution is 8.76. The summed E-state index contributed by atoms with van der Waals surface area (Å²) < 4.78 is 12.1. The Morgan fingerprint density at radius 2 is 0.957 bits per heavy atom. The van der Waals surface area contributed by atoms with Gasteiger partial charge in [-0.05, 0) is 48.2 Å². The highest BCUT2D eigenvalue weighted by Crippen LogP contribution is 2.40. The number of hydrogen-bond donors (Lipinski definition) is 2. The largest absolute Gasteiger partial charge is 0.493 e. The Bertz CT molecular complexity index is 1460. The average Bonchev–Trinajstić information content (AvgIpc) is 3.10. The molecule has 0 aliphatic heterocycles. The summed E-state index contributed by atoms with van der Waals surface area (Å²) in [5.74, 6) is 2.16. The van der Waals surface area contributed by atoms with Gasteiger partial charge in [0.05, 0.1) is 24.3 Å². The van der Waals surface area contributed by atoms with Gasteiger partial charge in [0.1, 0.15) is 11.5 Å². The van der Waals surface area contributed by atoms with Crippen LogP contribution in [-0.2, 0) is 13.1 Å². The summed E-state index contributed by atoms with van der Waals surface area (Å²) in [7, 11) is 2.92. The van der Waals surface area contributed by atoms with Crippen molar-refractivity contribution in [2.24, 2.45) is 11.8 Å². The fourth-order valence-corrected chi connectivity index (χ4v) is 6.73. The van der Waals surface area contributed by atoms with Gasteiger partial charge in [-0.25, -0.2) is 0 Å². The lowest BCUT2D eigenvalue weighted by Gasteiger charge is -2.16. The van der Waals surface area contributed by atoms with E-state index in [1.54, 1.807) is 0 Å². The van der Waals surface area contributed by atoms with Crippen LogP contribution in [0.3, 0.4) is 0 Å². The molecule has 0 radical (unpaired) electrons. The fourth-order valence-electron chi connectivity index (χ4n) is 4.37. The maximum atomic E-state index is 13.3. The Hall–Kier alpha value is -3.88. The summed E-state index contributed by atoms with van der Waals surface area (Å²) in [6.45, 7) is 10.6. The molecule has 2 amide bonds. The number of benzene rings is 4. The first kappa shape index (κ1) is 35.0. The van der Waals surface area contributed by atoms with Crippen molar-refractivity contribution >= 4 is 33.4 Å². The number of amides is 2. The molecule has 2 unspecified atom stereocenters. The molecule has 2 atom stereocenters. The molecular formula is C38H44N2O4S2. The second-order valence-electron chi connectivity index (χ2n) is 11.4. The summed E-state index contributed by atoms with van der Waals surface area (Å²) in [5, 5.41) is 6.13. The van der Waals surface area contributed by atoms with Crippen molar-refractivity contribution in [3.63, 3.8) is 0 Å². The highest BCUT2D eigenvalue weighted by atomic mass is 33.1. The normalized spacial score (nSPS) is 12.2. The van der Waals surface area contributed by atoms with E-state index in [1.807, 2.05) is 97.1 Å². The molecular weight excluding hydrogens is 613 g/mol. The topological polar surface area (TPSA) is 76.7 Å². The van der Waals surface area contributed by atoms with E-state index in [-0.39, 0.29) is 11.8 Å². The van der Waals surface area contributed by atoms with Gasteiger partial charge in [-0.2, -0.15) is 0 Å². The van der Waals surface area contributed by atoms with Crippen LogP contribution in [-0.4, -0.2) is 25.0 Å². The first-order valence-corrected chi connectivity index (χ1v) is 18.0. The molecule has 0 fully saturated rings. The second-order valence-corrected chi connectivity index (χ2v) is 13.6. The maximum absolute atomic E-state index is 13.3. The van der Waals surface area contributed by atoms with Gasteiger partial charge in [0.25, 0.3) is 11.8 Å².